The number of hydrogen-bond donors (Lipinski definition) is 2. The van der Waals surface area contributed by atoms with Crippen molar-refractivity contribution < 1.29 is 9.21 Å². The van der Waals surface area contributed by atoms with Crippen LogP contribution in [0.5, 0.6) is 0 Å². The Morgan fingerprint density at radius 3 is 2.68 bits per heavy atom. The van der Waals surface area contributed by atoms with Gasteiger partial charge >= 0.3 is 5.63 Å². The zero-order valence-corrected chi connectivity index (χ0v) is 15.0. The molecular formula is C21H18N4O3. The number of aromatic nitrogens is 1. The van der Waals surface area contributed by atoms with Crippen LogP contribution in [0.2, 0.25) is 0 Å². The first-order valence-electron chi connectivity index (χ1n) is 8.98. The number of fused-ring (bicyclic) bond motifs is 1. The van der Waals surface area contributed by atoms with Crippen molar-refractivity contribution in [2.45, 2.75) is 19.3 Å². The monoisotopic (exact) mass is 374 g/mol. The van der Waals surface area contributed by atoms with E-state index < -0.39 is 5.63 Å². The highest BCUT2D eigenvalue weighted by Crippen LogP contribution is 2.23. The van der Waals surface area contributed by atoms with Crippen LogP contribution in [0.4, 0.5) is 11.5 Å². The maximum atomic E-state index is 12.4. The smallest absolute Gasteiger partial charge is 0.360 e. The Morgan fingerprint density at radius 1 is 1.07 bits per heavy atom. The molecule has 0 radical (unpaired) electrons. The lowest BCUT2D eigenvalue weighted by atomic mass is 9.95. The molecule has 28 heavy (non-hydrogen) atoms. The molecule has 7 heteroatoms. The minimum absolute atomic E-state index is 0.131. The van der Waals surface area contributed by atoms with Gasteiger partial charge in [-0.25, -0.2) is 9.78 Å². The zero-order valence-electron chi connectivity index (χ0n) is 15.0. The molecule has 0 saturated heterocycles. The highest BCUT2D eigenvalue weighted by Gasteiger charge is 2.22. The van der Waals surface area contributed by atoms with E-state index in [0.29, 0.717) is 29.3 Å². The van der Waals surface area contributed by atoms with Crippen molar-refractivity contribution in [3.05, 3.63) is 88.1 Å². The third kappa shape index (κ3) is 3.83. The van der Waals surface area contributed by atoms with Crippen LogP contribution in [0, 0.1) is 0 Å². The van der Waals surface area contributed by atoms with Gasteiger partial charge in [0, 0.05) is 11.8 Å². The number of hydrazone groups is 1. The highest BCUT2D eigenvalue weighted by atomic mass is 16.4. The van der Waals surface area contributed by atoms with E-state index in [1.54, 1.807) is 42.6 Å². The number of anilines is 2. The van der Waals surface area contributed by atoms with Gasteiger partial charge in [0.05, 0.1) is 0 Å². The Bertz CT molecular complexity index is 1080. The van der Waals surface area contributed by atoms with E-state index >= 15 is 0 Å². The number of amides is 1. The summed E-state index contributed by atoms with van der Waals surface area (Å²) in [4.78, 5) is 28.9. The first-order valence-corrected chi connectivity index (χ1v) is 8.98. The zero-order chi connectivity index (χ0) is 19.3. The van der Waals surface area contributed by atoms with Gasteiger partial charge in [-0.05, 0) is 55.2 Å². The van der Waals surface area contributed by atoms with E-state index in [4.69, 9.17) is 4.42 Å². The molecule has 1 aromatic carbocycles. The third-order valence-corrected chi connectivity index (χ3v) is 4.40. The minimum atomic E-state index is -0.601. The molecule has 0 aliphatic heterocycles. The van der Waals surface area contributed by atoms with Crippen molar-refractivity contribution in [3.8, 4) is 0 Å². The van der Waals surface area contributed by atoms with Gasteiger partial charge in [-0.1, -0.05) is 24.3 Å². The van der Waals surface area contributed by atoms with E-state index in [0.717, 1.165) is 18.4 Å². The molecule has 0 fully saturated rings. The largest absolute Gasteiger partial charge is 0.420 e. The van der Waals surface area contributed by atoms with Gasteiger partial charge in [-0.2, -0.15) is 5.10 Å². The van der Waals surface area contributed by atoms with Crippen molar-refractivity contribution in [1.29, 1.82) is 0 Å². The Labute approximate surface area is 161 Å². The van der Waals surface area contributed by atoms with E-state index in [1.807, 2.05) is 18.2 Å². The second-order valence-corrected chi connectivity index (χ2v) is 6.36. The Hall–Kier alpha value is -3.74. The van der Waals surface area contributed by atoms with Crippen molar-refractivity contribution in [2.75, 3.05) is 10.7 Å². The van der Waals surface area contributed by atoms with Crippen LogP contribution >= 0.6 is 0 Å². The number of nitrogens with one attached hydrogen (secondary N) is 2. The fraction of sp³-hybridized carbons (Fsp3) is 0.143. The second-order valence-electron chi connectivity index (χ2n) is 6.36. The van der Waals surface area contributed by atoms with E-state index in [9.17, 15) is 9.59 Å². The lowest BCUT2D eigenvalue weighted by Gasteiger charge is -2.17. The summed E-state index contributed by atoms with van der Waals surface area (Å²) in [6, 6.07) is 15.9. The van der Waals surface area contributed by atoms with Crippen LogP contribution in [0.3, 0.4) is 0 Å². The lowest BCUT2D eigenvalue weighted by molar-refractivity contribution is 0.102. The van der Waals surface area contributed by atoms with Gasteiger partial charge in [0.2, 0.25) is 0 Å². The molecule has 2 aromatic heterocycles. The average molecular weight is 374 g/mol. The van der Waals surface area contributed by atoms with E-state index in [-0.39, 0.29) is 11.6 Å². The SMILES string of the molecule is O=C(Nc1cc2c(oc1=O)/C(=N/Nc1ccccn1)CCC2)c1ccccc1. The van der Waals surface area contributed by atoms with Gasteiger partial charge in [0.1, 0.15) is 17.2 Å². The number of pyridine rings is 1. The molecular weight excluding hydrogens is 356 g/mol. The molecule has 1 aliphatic carbocycles. The molecule has 3 aromatic rings. The van der Waals surface area contributed by atoms with Crippen molar-refractivity contribution in [1.82, 2.24) is 4.98 Å². The molecule has 2 heterocycles. The van der Waals surface area contributed by atoms with Crippen LogP contribution in [-0.2, 0) is 6.42 Å². The second kappa shape index (κ2) is 7.87. The number of aryl methyl sites for hydroxylation is 1. The molecule has 1 amide bonds. The number of carbonyl (C=O) groups is 1. The molecule has 0 bridgehead atoms. The number of hydrogen-bond acceptors (Lipinski definition) is 6. The van der Waals surface area contributed by atoms with Gasteiger partial charge in [0.15, 0.2) is 5.76 Å². The number of carbonyl (C=O) groups excluding carboxylic acids is 1. The Kier molecular flexibility index (Phi) is 4.97. The number of nitrogens with zero attached hydrogens (tertiary/aromatic N) is 2. The summed E-state index contributed by atoms with van der Waals surface area (Å²) in [5.41, 5.74) is 4.39. The quantitative estimate of drug-likeness (QED) is 0.682. The van der Waals surface area contributed by atoms with Gasteiger partial charge in [-0.15, -0.1) is 0 Å². The fourth-order valence-corrected chi connectivity index (χ4v) is 3.03. The molecule has 0 atom stereocenters. The maximum Gasteiger partial charge on any atom is 0.360 e. The lowest BCUT2D eigenvalue weighted by Crippen LogP contribution is -2.22. The fourth-order valence-electron chi connectivity index (χ4n) is 3.03. The van der Waals surface area contributed by atoms with Crippen molar-refractivity contribution in [2.24, 2.45) is 5.10 Å². The Morgan fingerprint density at radius 2 is 1.89 bits per heavy atom. The molecule has 140 valence electrons. The number of rotatable bonds is 4. The number of benzene rings is 1. The van der Waals surface area contributed by atoms with Gasteiger partial charge in [0.25, 0.3) is 5.91 Å². The molecule has 0 spiro atoms. The molecule has 4 rings (SSSR count). The summed E-state index contributed by atoms with van der Waals surface area (Å²) in [5, 5.41) is 7.00. The van der Waals surface area contributed by atoms with Crippen molar-refractivity contribution >= 4 is 23.1 Å². The summed E-state index contributed by atoms with van der Waals surface area (Å²) in [6.45, 7) is 0. The highest BCUT2D eigenvalue weighted by molar-refractivity contribution is 6.05. The Balaban J connectivity index is 1.59. The summed E-state index contributed by atoms with van der Waals surface area (Å²) in [6.07, 6.45) is 3.97. The predicted octanol–water partition coefficient (Wildman–Crippen LogP) is 3.44. The summed E-state index contributed by atoms with van der Waals surface area (Å²) in [7, 11) is 0. The summed E-state index contributed by atoms with van der Waals surface area (Å²) >= 11 is 0. The summed E-state index contributed by atoms with van der Waals surface area (Å²) in [5.74, 6) is 0.711. The first kappa shape index (κ1) is 17.7. The predicted molar refractivity (Wildman–Crippen MR) is 107 cm³/mol. The molecule has 0 saturated carbocycles. The minimum Gasteiger partial charge on any atom is -0.420 e. The average Bonchev–Trinajstić information content (AvgIpc) is 2.74. The van der Waals surface area contributed by atoms with E-state index in [2.05, 4.69) is 20.8 Å². The molecule has 7 nitrogen and oxygen atoms in total. The molecule has 1 aliphatic rings. The topological polar surface area (TPSA) is 96.6 Å². The van der Waals surface area contributed by atoms with Crippen molar-refractivity contribution in [3.63, 3.8) is 0 Å². The summed E-state index contributed by atoms with van der Waals surface area (Å²) < 4.78 is 5.51. The third-order valence-electron chi connectivity index (χ3n) is 4.40. The van der Waals surface area contributed by atoms with Crippen LogP contribution in [-0.4, -0.2) is 16.6 Å². The molecule has 0 unspecified atom stereocenters. The standard InChI is InChI=1S/C21H18N4O3/c26-20(14-7-2-1-3-8-14)23-17-13-15-9-6-10-16(19(15)28-21(17)27)24-25-18-11-4-5-12-22-18/h1-5,7-8,11-13H,6,9-10H2,(H,22,25)(H,23,26)/b24-16+. The first-order chi connectivity index (χ1) is 13.7. The van der Waals surface area contributed by atoms with Gasteiger partial charge < -0.3 is 9.73 Å². The normalized spacial score (nSPS) is 14.4. The van der Waals surface area contributed by atoms with Gasteiger partial charge in [-0.3, -0.25) is 10.2 Å². The van der Waals surface area contributed by atoms with Crippen LogP contribution in [0.25, 0.3) is 0 Å². The van der Waals surface area contributed by atoms with Crippen LogP contribution < -0.4 is 16.4 Å². The maximum absolute atomic E-state index is 12.4. The van der Waals surface area contributed by atoms with E-state index in [1.165, 1.54) is 0 Å². The van der Waals surface area contributed by atoms with Crippen LogP contribution in [0.15, 0.2) is 75.1 Å². The molecule has 2 N–H and O–H groups in total. The van der Waals surface area contributed by atoms with Crippen LogP contribution in [0.1, 0.15) is 34.5 Å².